The first kappa shape index (κ1) is 15.9. The Kier molecular flexibility index (Phi) is 4.62. The van der Waals surface area contributed by atoms with Gasteiger partial charge in [-0.1, -0.05) is 11.6 Å². The Balaban J connectivity index is 1.97. The molecule has 2 N–H and O–H groups in total. The van der Waals surface area contributed by atoms with Crippen molar-refractivity contribution in [3.63, 3.8) is 0 Å². The van der Waals surface area contributed by atoms with E-state index in [1.54, 1.807) is 0 Å². The zero-order valence-corrected chi connectivity index (χ0v) is 14.2. The Morgan fingerprint density at radius 2 is 2.00 bits per heavy atom. The van der Waals surface area contributed by atoms with Gasteiger partial charge in [0.2, 0.25) is 0 Å². The maximum atomic E-state index is 12.7. The molecule has 1 aliphatic rings. The molecule has 0 saturated heterocycles. The number of nitrogens with zero attached hydrogens (tertiary/aromatic N) is 1. The minimum atomic E-state index is 0.0143. The highest BCUT2D eigenvalue weighted by Crippen LogP contribution is 2.40. The van der Waals surface area contributed by atoms with Gasteiger partial charge in [-0.2, -0.15) is 0 Å². The molecule has 2 aromatic rings. The standard InChI is InChI=1S/C19H25N3O/c1-12-9-13(2)18-15(10-12)16(11-17(22-18)14-5-6-14)19(23)21-8-4-7-20-3/h9-11,14,20H,4-8H2,1-3H3,(H,21,23). The molecule has 23 heavy (non-hydrogen) atoms. The second kappa shape index (κ2) is 6.67. The third-order valence-electron chi connectivity index (χ3n) is 4.40. The molecule has 1 heterocycles. The molecule has 122 valence electrons. The van der Waals surface area contributed by atoms with Gasteiger partial charge in [-0.05, 0) is 64.4 Å². The van der Waals surface area contributed by atoms with Crippen LogP contribution in [0.5, 0.6) is 0 Å². The Hall–Kier alpha value is -1.94. The largest absolute Gasteiger partial charge is 0.352 e. The maximum Gasteiger partial charge on any atom is 0.252 e. The molecule has 3 rings (SSSR count). The first-order valence-corrected chi connectivity index (χ1v) is 8.45. The molecular weight excluding hydrogens is 286 g/mol. The van der Waals surface area contributed by atoms with Gasteiger partial charge in [-0.25, -0.2) is 0 Å². The molecule has 1 fully saturated rings. The van der Waals surface area contributed by atoms with E-state index in [0.29, 0.717) is 12.5 Å². The van der Waals surface area contributed by atoms with Gasteiger partial charge in [-0.15, -0.1) is 0 Å². The van der Waals surface area contributed by atoms with Gasteiger partial charge in [0.1, 0.15) is 0 Å². The molecule has 0 spiro atoms. The van der Waals surface area contributed by atoms with Crippen LogP contribution in [0.2, 0.25) is 0 Å². The number of aryl methyl sites for hydroxylation is 2. The molecule has 0 bridgehead atoms. The lowest BCUT2D eigenvalue weighted by Gasteiger charge is -2.12. The summed E-state index contributed by atoms with van der Waals surface area (Å²) in [5, 5.41) is 7.11. The van der Waals surface area contributed by atoms with E-state index in [2.05, 4.69) is 36.6 Å². The number of fused-ring (bicyclic) bond motifs is 1. The summed E-state index contributed by atoms with van der Waals surface area (Å²) in [6.07, 6.45) is 3.30. The molecule has 4 heteroatoms. The van der Waals surface area contributed by atoms with Crippen LogP contribution >= 0.6 is 0 Å². The van der Waals surface area contributed by atoms with Crippen molar-refractivity contribution < 1.29 is 4.79 Å². The van der Waals surface area contributed by atoms with Crippen LogP contribution in [0.3, 0.4) is 0 Å². The summed E-state index contributed by atoms with van der Waals surface area (Å²) in [5.74, 6) is 0.552. The highest BCUT2D eigenvalue weighted by atomic mass is 16.1. The second-order valence-electron chi connectivity index (χ2n) is 6.56. The van der Waals surface area contributed by atoms with Crippen LogP contribution < -0.4 is 10.6 Å². The van der Waals surface area contributed by atoms with Crippen molar-refractivity contribution >= 4 is 16.8 Å². The third-order valence-corrected chi connectivity index (χ3v) is 4.40. The van der Waals surface area contributed by atoms with Crippen LogP contribution in [0.25, 0.3) is 10.9 Å². The average Bonchev–Trinajstić information content (AvgIpc) is 3.35. The second-order valence-corrected chi connectivity index (χ2v) is 6.56. The van der Waals surface area contributed by atoms with Crippen LogP contribution in [0, 0.1) is 13.8 Å². The SMILES string of the molecule is CNCCCNC(=O)c1cc(C2CC2)nc2c(C)cc(C)cc12. The number of carbonyl (C=O) groups excluding carboxylic acids is 1. The van der Waals surface area contributed by atoms with Gasteiger partial charge in [0.05, 0.1) is 11.1 Å². The molecule has 1 aromatic heterocycles. The number of amides is 1. The van der Waals surface area contributed by atoms with Crippen LogP contribution in [-0.4, -0.2) is 31.0 Å². The number of pyridine rings is 1. The predicted molar refractivity (Wildman–Crippen MR) is 94.1 cm³/mol. The van der Waals surface area contributed by atoms with E-state index in [1.165, 1.54) is 18.4 Å². The van der Waals surface area contributed by atoms with Crippen molar-refractivity contribution in [2.75, 3.05) is 20.1 Å². The molecule has 0 radical (unpaired) electrons. The number of hydrogen-bond donors (Lipinski definition) is 2. The minimum absolute atomic E-state index is 0.0143. The number of rotatable bonds is 6. The lowest BCUT2D eigenvalue weighted by Crippen LogP contribution is -2.27. The summed E-state index contributed by atoms with van der Waals surface area (Å²) >= 11 is 0. The molecule has 0 aliphatic heterocycles. The van der Waals surface area contributed by atoms with Crippen LogP contribution in [-0.2, 0) is 0 Å². The van der Waals surface area contributed by atoms with E-state index < -0.39 is 0 Å². The smallest absolute Gasteiger partial charge is 0.252 e. The Labute approximate surface area is 137 Å². The van der Waals surface area contributed by atoms with Crippen molar-refractivity contribution in [2.24, 2.45) is 0 Å². The fourth-order valence-corrected chi connectivity index (χ4v) is 3.04. The van der Waals surface area contributed by atoms with Crippen molar-refractivity contribution in [3.05, 3.63) is 40.6 Å². The van der Waals surface area contributed by atoms with Crippen molar-refractivity contribution in [3.8, 4) is 0 Å². The van der Waals surface area contributed by atoms with Gasteiger partial charge < -0.3 is 10.6 Å². The maximum absolute atomic E-state index is 12.7. The fourth-order valence-electron chi connectivity index (χ4n) is 3.04. The molecule has 1 aliphatic carbocycles. The van der Waals surface area contributed by atoms with E-state index in [9.17, 15) is 4.79 Å². The summed E-state index contributed by atoms with van der Waals surface area (Å²) in [6, 6.07) is 6.22. The minimum Gasteiger partial charge on any atom is -0.352 e. The molecule has 1 aromatic carbocycles. The molecular formula is C19H25N3O. The summed E-state index contributed by atoms with van der Waals surface area (Å²) in [7, 11) is 1.92. The van der Waals surface area contributed by atoms with Crippen LogP contribution in [0.4, 0.5) is 0 Å². The monoisotopic (exact) mass is 311 g/mol. The molecule has 0 atom stereocenters. The first-order chi connectivity index (χ1) is 11.1. The quantitative estimate of drug-likeness (QED) is 0.806. The van der Waals surface area contributed by atoms with Crippen molar-refractivity contribution in [1.82, 2.24) is 15.6 Å². The summed E-state index contributed by atoms with van der Waals surface area (Å²) in [4.78, 5) is 17.5. The van der Waals surface area contributed by atoms with E-state index >= 15 is 0 Å². The zero-order valence-electron chi connectivity index (χ0n) is 14.2. The van der Waals surface area contributed by atoms with E-state index in [1.807, 2.05) is 13.1 Å². The Bertz CT molecular complexity index is 735. The lowest BCUT2D eigenvalue weighted by atomic mass is 10.00. The third kappa shape index (κ3) is 3.53. The lowest BCUT2D eigenvalue weighted by molar-refractivity contribution is 0.0955. The predicted octanol–water partition coefficient (Wildman–Crippen LogP) is 3.07. The molecule has 4 nitrogen and oxygen atoms in total. The molecule has 0 unspecified atom stereocenters. The van der Waals surface area contributed by atoms with E-state index in [0.717, 1.165) is 40.7 Å². The number of carbonyl (C=O) groups is 1. The molecule has 1 amide bonds. The van der Waals surface area contributed by atoms with Crippen LogP contribution in [0.15, 0.2) is 18.2 Å². The number of hydrogen-bond acceptors (Lipinski definition) is 3. The number of nitrogens with one attached hydrogen (secondary N) is 2. The highest BCUT2D eigenvalue weighted by molar-refractivity contribution is 6.07. The Morgan fingerprint density at radius 3 is 2.70 bits per heavy atom. The topological polar surface area (TPSA) is 54.0 Å². The Morgan fingerprint density at radius 1 is 1.22 bits per heavy atom. The summed E-state index contributed by atoms with van der Waals surface area (Å²) < 4.78 is 0. The van der Waals surface area contributed by atoms with E-state index in [-0.39, 0.29) is 5.91 Å². The van der Waals surface area contributed by atoms with Crippen LogP contribution in [0.1, 0.15) is 52.4 Å². The van der Waals surface area contributed by atoms with Gasteiger partial charge in [-0.3, -0.25) is 9.78 Å². The fraction of sp³-hybridized carbons (Fsp3) is 0.474. The van der Waals surface area contributed by atoms with Gasteiger partial charge in [0.25, 0.3) is 5.91 Å². The van der Waals surface area contributed by atoms with Gasteiger partial charge in [0.15, 0.2) is 0 Å². The van der Waals surface area contributed by atoms with Gasteiger partial charge >= 0.3 is 0 Å². The normalized spacial score (nSPS) is 14.2. The van der Waals surface area contributed by atoms with Crippen molar-refractivity contribution in [2.45, 2.75) is 39.0 Å². The van der Waals surface area contributed by atoms with Crippen molar-refractivity contribution in [1.29, 1.82) is 0 Å². The van der Waals surface area contributed by atoms with E-state index in [4.69, 9.17) is 4.98 Å². The highest BCUT2D eigenvalue weighted by Gasteiger charge is 2.27. The summed E-state index contributed by atoms with van der Waals surface area (Å²) in [6.45, 7) is 5.74. The summed E-state index contributed by atoms with van der Waals surface area (Å²) in [5.41, 5.74) is 5.13. The number of benzene rings is 1. The zero-order chi connectivity index (χ0) is 16.4. The van der Waals surface area contributed by atoms with Gasteiger partial charge in [0, 0.05) is 23.5 Å². The average molecular weight is 311 g/mol. The molecule has 1 saturated carbocycles. The number of aromatic nitrogens is 1. The first-order valence-electron chi connectivity index (χ1n) is 8.45.